The average molecular weight is 839 g/mol. The molecule has 0 spiro atoms. The number of benzene rings is 1. The van der Waals surface area contributed by atoms with Crippen LogP contribution in [0.1, 0.15) is 91.8 Å². The Morgan fingerprint density at radius 1 is 1.08 bits per heavy atom. The van der Waals surface area contributed by atoms with Crippen LogP contribution >= 0.6 is 0 Å². The van der Waals surface area contributed by atoms with Crippen LogP contribution < -0.4 is 5.32 Å². The number of nitrogens with one attached hydrogen (secondary N) is 2. The van der Waals surface area contributed by atoms with Gasteiger partial charge in [0, 0.05) is 63.4 Å². The van der Waals surface area contributed by atoms with Crippen molar-refractivity contribution < 1.29 is 48.6 Å². The third-order valence-electron chi connectivity index (χ3n) is 12.6. The van der Waals surface area contributed by atoms with Gasteiger partial charge in [-0.2, -0.15) is 10.4 Å². The highest BCUT2D eigenvalue weighted by Gasteiger charge is 2.51. The summed E-state index contributed by atoms with van der Waals surface area (Å²) in [6, 6.07) is 6.26. The zero-order valence-electron chi connectivity index (χ0n) is 37.0. The lowest BCUT2D eigenvalue weighted by molar-refractivity contribution is -0.317. The number of rotatable bonds is 7. The topological polar surface area (TPSA) is 212 Å². The van der Waals surface area contributed by atoms with Crippen molar-refractivity contribution in [2.45, 2.75) is 153 Å². The van der Waals surface area contributed by atoms with E-state index in [1.165, 1.54) is 7.11 Å². The van der Waals surface area contributed by atoms with Gasteiger partial charge in [0.1, 0.15) is 17.9 Å². The Morgan fingerprint density at radius 3 is 2.47 bits per heavy atom. The minimum atomic E-state index is -1.58. The summed E-state index contributed by atoms with van der Waals surface area (Å²) in [6.07, 6.45) is -6.06. The first-order valence-corrected chi connectivity index (χ1v) is 21.0. The highest BCUT2D eigenvalue weighted by atomic mass is 16.7. The van der Waals surface area contributed by atoms with Gasteiger partial charge in [-0.05, 0) is 84.7 Å². The lowest BCUT2D eigenvalue weighted by Crippen LogP contribution is -2.61. The van der Waals surface area contributed by atoms with Gasteiger partial charge in [0.05, 0.1) is 58.7 Å². The van der Waals surface area contributed by atoms with Crippen molar-refractivity contribution in [2.75, 3.05) is 34.8 Å². The molecular weight excluding hydrogens is 773 g/mol. The summed E-state index contributed by atoms with van der Waals surface area (Å²) < 4.78 is 31.7. The van der Waals surface area contributed by atoms with Crippen LogP contribution in [-0.2, 0) is 33.3 Å². The molecule has 5 N–H and O–H groups in total. The lowest BCUT2D eigenvalue weighted by Gasteiger charge is -2.49. The van der Waals surface area contributed by atoms with Gasteiger partial charge in [-0.15, -0.1) is 0 Å². The molecule has 8 unspecified atom stereocenters. The molecule has 0 radical (unpaired) electrons. The van der Waals surface area contributed by atoms with Crippen molar-refractivity contribution in [1.82, 2.24) is 25.3 Å². The number of methoxy groups -OCH3 is 1. The van der Waals surface area contributed by atoms with Gasteiger partial charge in [-0.25, -0.2) is 0 Å². The Bertz CT molecular complexity index is 1910. The van der Waals surface area contributed by atoms with Crippen LogP contribution in [0.3, 0.4) is 0 Å². The first-order valence-electron chi connectivity index (χ1n) is 21.0. The fraction of sp³-hybridized carbons (Fsp3) is 0.727. The summed E-state index contributed by atoms with van der Waals surface area (Å²) >= 11 is 0. The molecule has 0 bridgehead atoms. The Balaban J connectivity index is 1.52. The SMILES string of the molecule is COC1(C)C[C@H](OC2C(C)C(=O)N[C@H](CC#Cc3[nH]nc4cc(C#N)ccc34)CC(=O)N(C)C[C@H](C)CC(C)(O)[C@H](OC3OC(C)CC(N(C)C)[C@H]3O)[C@H]2C)OC(C)[C@@H]1O. The van der Waals surface area contributed by atoms with Gasteiger partial charge < -0.3 is 54.1 Å². The Morgan fingerprint density at radius 2 is 1.80 bits per heavy atom. The number of nitrogens with zero attached hydrogens (tertiary/aromatic N) is 4. The van der Waals surface area contributed by atoms with E-state index >= 15 is 0 Å². The van der Waals surface area contributed by atoms with E-state index in [2.05, 4.69) is 33.4 Å². The molecule has 1 aromatic carbocycles. The van der Waals surface area contributed by atoms with Crippen LogP contribution in [0.15, 0.2) is 18.2 Å². The van der Waals surface area contributed by atoms with Crippen LogP contribution in [-0.4, -0.2) is 154 Å². The maximum atomic E-state index is 14.5. The van der Waals surface area contributed by atoms with Crippen molar-refractivity contribution in [3.05, 3.63) is 29.5 Å². The van der Waals surface area contributed by atoms with Crippen LogP contribution in [0.25, 0.3) is 10.9 Å². The van der Waals surface area contributed by atoms with E-state index in [0.29, 0.717) is 29.7 Å². The number of aromatic nitrogens is 2. The molecule has 15 atom stereocenters. The third-order valence-corrected chi connectivity index (χ3v) is 12.6. The molecule has 16 nitrogen and oxygen atoms in total. The maximum Gasteiger partial charge on any atom is 0.225 e. The van der Waals surface area contributed by atoms with Crippen LogP contribution in [0.2, 0.25) is 0 Å². The highest BCUT2D eigenvalue weighted by Crippen LogP contribution is 2.39. The number of aliphatic hydroxyl groups excluding tert-OH is 2. The van der Waals surface area contributed by atoms with Crippen LogP contribution in [0, 0.1) is 40.9 Å². The van der Waals surface area contributed by atoms with Crippen molar-refractivity contribution in [3.8, 4) is 17.9 Å². The molecule has 2 amide bonds. The van der Waals surface area contributed by atoms with Gasteiger partial charge in [0.15, 0.2) is 12.6 Å². The molecule has 332 valence electrons. The summed E-state index contributed by atoms with van der Waals surface area (Å²) in [5.74, 6) is 3.73. The number of H-pyrrole nitrogens is 1. The van der Waals surface area contributed by atoms with E-state index < -0.39 is 78.1 Å². The van der Waals surface area contributed by atoms with Crippen LogP contribution in [0.4, 0.5) is 0 Å². The molecule has 60 heavy (non-hydrogen) atoms. The number of amides is 2. The predicted molar refractivity (Wildman–Crippen MR) is 222 cm³/mol. The summed E-state index contributed by atoms with van der Waals surface area (Å²) in [6.45, 7) is 12.9. The quantitative estimate of drug-likeness (QED) is 0.254. The molecule has 3 aliphatic heterocycles. The van der Waals surface area contributed by atoms with Crippen molar-refractivity contribution in [2.24, 2.45) is 17.8 Å². The second-order valence-corrected chi connectivity index (χ2v) is 18.1. The van der Waals surface area contributed by atoms with Crippen molar-refractivity contribution in [1.29, 1.82) is 5.26 Å². The average Bonchev–Trinajstić information content (AvgIpc) is 3.59. The molecule has 5 rings (SSSR count). The first kappa shape index (κ1) is 47.4. The predicted octanol–water partition coefficient (Wildman–Crippen LogP) is 2.67. The van der Waals surface area contributed by atoms with Crippen molar-refractivity contribution in [3.63, 3.8) is 0 Å². The number of aliphatic hydroxyl groups is 3. The molecule has 1 aromatic heterocycles. The molecule has 3 fully saturated rings. The minimum Gasteiger partial charge on any atom is -0.387 e. The zero-order valence-corrected chi connectivity index (χ0v) is 37.0. The fourth-order valence-corrected chi connectivity index (χ4v) is 9.19. The van der Waals surface area contributed by atoms with Gasteiger partial charge in [-0.1, -0.05) is 26.7 Å². The summed E-state index contributed by atoms with van der Waals surface area (Å²) in [7, 11) is 6.98. The molecular formula is C44H66N6O10. The van der Waals surface area contributed by atoms with Gasteiger partial charge in [-0.3, -0.25) is 14.7 Å². The molecule has 0 aliphatic carbocycles. The number of hydrogen-bond acceptors (Lipinski definition) is 13. The van der Waals surface area contributed by atoms with E-state index in [-0.39, 0.29) is 49.7 Å². The fourth-order valence-electron chi connectivity index (χ4n) is 9.19. The summed E-state index contributed by atoms with van der Waals surface area (Å²) in [5, 5.41) is 55.4. The molecule has 0 saturated carbocycles. The van der Waals surface area contributed by atoms with Gasteiger partial charge in [0.25, 0.3) is 0 Å². The molecule has 3 saturated heterocycles. The monoisotopic (exact) mass is 838 g/mol. The second kappa shape index (κ2) is 19.6. The van der Waals surface area contributed by atoms with E-state index in [4.69, 9.17) is 23.7 Å². The standard InChI is InChI=1S/C44H66N6O10/c1-24-20-43(6,55)40(60-42-37(52)34(49(8)9)17-25(2)57-42)26(3)38(59-36-21-44(7,56-11)39(53)28(5)58-36)27(4)41(54)46-30(19-35(51)50(10)23-24)13-12-14-32-31-16-15-29(22-45)18-33(31)48-47-32/h15-16,18,24-28,30,34,36-40,42,52-53,55H,13,17,19-21,23H2,1-11H3,(H,46,54)(H,47,48)/t24-,25?,26+,27?,28?,30-,34?,36+,37-,38?,39+,40-,42?,43?,44?/m1/s1. The third kappa shape index (κ3) is 10.8. The molecule has 16 heteroatoms. The number of ether oxygens (including phenoxy) is 5. The Labute approximate surface area is 354 Å². The van der Waals surface area contributed by atoms with Gasteiger partial charge >= 0.3 is 0 Å². The summed E-state index contributed by atoms with van der Waals surface area (Å²) in [5.41, 5.74) is -0.992. The number of carbonyl (C=O) groups excluding carboxylic acids is 2. The normalized spacial score (nSPS) is 38.8. The minimum absolute atomic E-state index is 0.0374. The number of hydrogen-bond donors (Lipinski definition) is 5. The van der Waals surface area contributed by atoms with Gasteiger partial charge in [0.2, 0.25) is 11.8 Å². The van der Waals surface area contributed by atoms with Crippen molar-refractivity contribution >= 4 is 22.7 Å². The maximum absolute atomic E-state index is 14.5. The van der Waals surface area contributed by atoms with E-state index in [1.807, 2.05) is 39.8 Å². The van der Waals surface area contributed by atoms with Crippen LogP contribution in [0.5, 0.6) is 0 Å². The number of likely N-dealkylation sites (N-methyl/N-ethyl adjacent to an activating group) is 1. The van der Waals surface area contributed by atoms with E-state index in [9.17, 15) is 30.2 Å². The van der Waals surface area contributed by atoms with E-state index in [1.54, 1.807) is 57.8 Å². The lowest BCUT2D eigenvalue weighted by atomic mass is 9.77. The number of fused-ring (bicyclic) bond motifs is 1. The number of nitriles is 1. The molecule has 2 aromatic rings. The first-order chi connectivity index (χ1) is 28.2. The van der Waals surface area contributed by atoms with E-state index in [0.717, 1.165) is 5.39 Å². The number of carbonyl (C=O) groups is 2. The second-order valence-electron chi connectivity index (χ2n) is 18.1. The smallest absolute Gasteiger partial charge is 0.225 e. The Hall–Kier alpha value is -3.68. The molecule has 3 aliphatic rings. The number of aromatic amines is 1. The zero-order chi connectivity index (χ0) is 44.3. The Kier molecular flexibility index (Phi) is 15.5. The summed E-state index contributed by atoms with van der Waals surface area (Å²) in [4.78, 5) is 31.9. The highest BCUT2D eigenvalue weighted by molar-refractivity contribution is 5.85. The molecule has 4 heterocycles. The largest absolute Gasteiger partial charge is 0.387 e.